The summed E-state index contributed by atoms with van der Waals surface area (Å²) in [7, 11) is 0. The maximum absolute atomic E-state index is 12.7. The van der Waals surface area contributed by atoms with Crippen molar-refractivity contribution in [2.45, 2.75) is 31.5 Å². The first kappa shape index (κ1) is 14.6. The molecule has 1 saturated heterocycles. The van der Waals surface area contributed by atoms with Crippen molar-refractivity contribution in [2.75, 3.05) is 13.2 Å². The van der Waals surface area contributed by atoms with E-state index in [0.717, 1.165) is 19.3 Å². The molecule has 0 spiro atoms. The summed E-state index contributed by atoms with van der Waals surface area (Å²) in [6.45, 7) is 0.880. The normalized spacial score (nSPS) is 20.4. The van der Waals surface area contributed by atoms with Gasteiger partial charge in [0.05, 0.1) is 6.61 Å². The summed E-state index contributed by atoms with van der Waals surface area (Å²) in [5.41, 5.74) is 0. The summed E-state index contributed by atoms with van der Waals surface area (Å²) in [4.78, 5) is 10.4. The molecule has 1 heterocycles. The van der Waals surface area contributed by atoms with Gasteiger partial charge in [0.2, 0.25) is 5.79 Å². The molecule has 1 atom stereocenters. The number of unbranched alkanes of at least 4 members (excludes halogenated alkanes) is 2. The second-order valence-corrected chi connectivity index (χ2v) is 4.68. The summed E-state index contributed by atoms with van der Waals surface area (Å²) < 4.78 is 27.8. The molecule has 0 radical (unpaired) electrons. The minimum atomic E-state index is -1.30. The number of benzene rings is 1. The van der Waals surface area contributed by atoms with Gasteiger partial charge in [-0.05, 0) is 43.5 Å². The number of carbonyl (C=O) groups is 1. The first-order valence-corrected chi connectivity index (χ1v) is 6.54. The van der Waals surface area contributed by atoms with Gasteiger partial charge in [-0.25, -0.2) is 9.18 Å². The fourth-order valence-electron chi connectivity index (χ4n) is 1.89. The Morgan fingerprint density at radius 3 is 2.60 bits per heavy atom. The minimum absolute atomic E-state index is 0.287. The average molecular weight is 284 g/mol. The molecule has 20 heavy (non-hydrogen) atoms. The molecule has 1 aliphatic heterocycles. The fraction of sp³-hybridized carbons (Fsp3) is 0.500. The number of epoxide rings is 1. The standard InChI is InChI=1S/C14H17FO5/c15-11-4-6-12(7-5-11)18-9-3-1-2-8-14(10-19-14)20-13(16)17/h4-7H,1-3,8-10H2,(H,16,17). The third-order valence-electron chi connectivity index (χ3n) is 3.02. The molecule has 2 rings (SSSR count). The number of halogens is 1. The van der Waals surface area contributed by atoms with Gasteiger partial charge in [-0.2, -0.15) is 0 Å². The lowest BCUT2D eigenvalue weighted by Crippen LogP contribution is -2.19. The molecule has 5 nitrogen and oxygen atoms in total. The Balaban J connectivity index is 1.54. The first-order valence-electron chi connectivity index (χ1n) is 6.54. The van der Waals surface area contributed by atoms with E-state index >= 15 is 0 Å². The van der Waals surface area contributed by atoms with Gasteiger partial charge in [0.25, 0.3) is 0 Å². The molecule has 1 aromatic carbocycles. The molecule has 1 aromatic rings. The Morgan fingerprint density at radius 1 is 1.30 bits per heavy atom. The van der Waals surface area contributed by atoms with Gasteiger partial charge >= 0.3 is 6.16 Å². The smallest absolute Gasteiger partial charge is 0.494 e. The Bertz CT molecular complexity index is 441. The zero-order valence-electron chi connectivity index (χ0n) is 11.0. The predicted molar refractivity (Wildman–Crippen MR) is 68.2 cm³/mol. The van der Waals surface area contributed by atoms with Crippen molar-refractivity contribution in [3.63, 3.8) is 0 Å². The van der Waals surface area contributed by atoms with Crippen molar-refractivity contribution in [1.82, 2.24) is 0 Å². The van der Waals surface area contributed by atoms with Crippen molar-refractivity contribution >= 4 is 6.16 Å². The van der Waals surface area contributed by atoms with Crippen LogP contribution in [0, 0.1) is 5.82 Å². The summed E-state index contributed by atoms with van der Waals surface area (Å²) in [5.74, 6) is -0.544. The van der Waals surface area contributed by atoms with E-state index in [2.05, 4.69) is 4.74 Å². The zero-order valence-corrected chi connectivity index (χ0v) is 11.0. The van der Waals surface area contributed by atoms with E-state index in [0.29, 0.717) is 25.4 Å². The van der Waals surface area contributed by atoms with Crippen LogP contribution >= 0.6 is 0 Å². The second kappa shape index (κ2) is 6.56. The summed E-state index contributed by atoms with van der Waals surface area (Å²) in [5, 5.41) is 8.53. The highest BCUT2D eigenvalue weighted by Crippen LogP contribution is 2.34. The molecule has 6 heteroatoms. The molecule has 1 N–H and O–H groups in total. The van der Waals surface area contributed by atoms with E-state index in [1.54, 1.807) is 12.1 Å². The van der Waals surface area contributed by atoms with Gasteiger partial charge in [0.15, 0.2) is 0 Å². The molecule has 1 unspecified atom stereocenters. The van der Waals surface area contributed by atoms with E-state index in [1.807, 2.05) is 0 Å². The lowest BCUT2D eigenvalue weighted by molar-refractivity contribution is -0.0245. The molecule has 110 valence electrons. The Morgan fingerprint density at radius 2 is 2.00 bits per heavy atom. The van der Waals surface area contributed by atoms with Crippen LogP contribution in [0.1, 0.15) is 25.7 Å². The Kier molecular flexibility index (Phi) is 4.79. The highest BCUT2D eigenvalue weighted by atomic mass is 19.1. The van der Waals surface area contributed by atoms with E-state index in [4.69, 9.17) is 14.6 Å². The molecule has 0 bridgehead atoms. The van der Waals surface area contributed by atoms with Crippen molar-refractivity contribution in [3.05, 3.63) is 30.1 Å². The van der Waals surface area contributed by atoms with Gasteiger partial charge in [0.1, 0.15) is 18.2 Å². The monoisotopic (exact) mass is 284 g/mol. The number of ether oxygens (including phenoxy) is 3. The molecule has 1 aliphatic rings. The van der Waals surface area contributed by atoms with E-state index < -0.39 is 11.9 Å². The molecule has 0 aliphatic carbocycles. The lowest BCUT2D eigenvalue weighted by Gasteiger charge is -2.10. The molecule has 0 aromatic heterocycles. The van der Waals surface area contributed by atoms with Crippen LogP contribution in [-0.2, 0) is 9.47 Å². The van der Waals surface area contributed by atoms with Crippen LogP contribution in [0.15, 0.2) is 24.3 Å². The van der Waals surface area contributed by atoms with Crippen LogP contribution in [0.2, 0.25) is 0 Å². The third kappa shape index (κ3) is 4.70. The largest absolute Gasteiger partial charge is 0.508 e. The van der Waals surface area contributed by atoms with Gasteiger partial charge in [-0.3, -0.25) is 0 Å². The van der Waals surface area contributed by atoms with Crippen molar-refractivity contribution in [2.24, 2.45) is 0 Å². The van der Waals surface area contributed by atoms with Crippen LogP contribution in [0.4, 0.5) is 9.18 Å². The van der Waals surface area contributed by atoms with E-state index in [9.17, 15) is 9.18 Å². The quantitative estimate of drug-likeness (QED) is 0.451. The van der Waals surface area contributed by atoms with Crippen LogP contribution in [-0.4, -0.2) is 30.3 Å². The number of hydrogen-bond acceptors (Lipinski definition) is 4. The van der Waals surface area contributed by atoms with Crippen LogP contribution < -0.4 is 4.74 Å². The van der Waals surface area contributed by atoms with Crippen molar-refractivity contribution in [1.29, 1.82) is 0 Å². The SMILES string of the molecule is O=C(O)OC1(CCCCCOc2ccc(F)cc2)CO1. The minimum Gasteiger partial charge on any atom is -0.494 e. The summed E-state index contributed by atoms with van der Waals surface area (Å²) in [6.07, 6.45) is 1.79. The number of hydrogen-bond donors (Lipinski definition) is 1. The Hall–Kier alpha value is -1.82. The zero-order chi connectivity index (χ0) is 14.4. The maximum atomic E-state index is 12.7. The van der Waals surface area contributed by atoms with Crippen molar-refractivity contribution < 1.29 is 28.5 Å². The highest BCUT2D eigenvalue weighted by Gasteiger charge is 2.48. The molecular weight excluding hydrogens is 267 g/mol. The van der Waals surface area contributed by atoms with Gasteiger partial charge < -0.3 is 19.3 Å². The highest BCUT2D eigenvalue weighted by molar-refractivity contribution is 5.57. The van der Waals surface area contributed by atoms with E-state index in [-0.39, 0.29) is 5.82 Å². The lowest BCUT2D eigenvalue weighted by atomic mass is 10.1. The fourth-order valence-corrected chi connectivity index (χ4v) is 1.89. The molecule has 1 fully saturated rings. The van der Waals surface area contributed by atoms with Gasteiger partial charge in [-0.1, -0.05) is 0 Å². The predicted octanol–water partition coefficient (Wildman–Crippen LogP) is 3.19. The Labute approximate surface area is 116 Å². The van der Waals surface area contributed by atoms with Crippen LogP contribution in [0.5, 0.6) is 5.75 Å². The number of rotatable bonds is 8. The first-order chi connectivity index (χ1) is 9.60. The average Bonchev–Trinajstić information content (AvgIpc) is 3.15. The van der Waals surface area contributed by atoms with Crippen LogP contribution in [0.3, 0.4) is 0 Å². The van der Waals surface area contributed by atoms with Crippen LogP contribution in [0.25, 0.3) is 0 Å². The third-order valence-corrected chi connectivity index (χ3v) is 3.02. The summed E-state index contributed by atoms with van der Waals surface area (Å²) in [6, 6.07) is 5.88. The molecule has 0 amide bonds. The topological polar surface area (TPSA) is 68.3 Å². The van der Waals surface area contributed by atoms with E-state index in [1.165, 1.54) is 12.1 Å². The second-order valence-electron chi connectivity index (χ2n) is 4.68. The maximum Gasteiger partial charge on any atom is 0.508 e. The van der Waals surface area contributed by atoms with Crippen molar-refractivity contribution in [3.8, 4) is 5.75 Å². The van der Waals surface area contributed by atoms with Gasteiger partial charge in [0, 0.05) is 6.42 Å². The summed E-state index contributed by atoms with van der Waals surface area (Å²) >= 11 is 0. The molecule has 0 saturated carbocycles. The van der Waals surface area contributed by atoms with Gasteiger partial charge in [-0.15, -0.1) is 0 Å². The molecular formula is C14H17FO5. The number of carboxylic acid groups (broad SMARTS) is 1.